The summed E-state index contributed by atoms with van der Waals surface area (Å²) in [4.78, 5) is 12.6. The summed E-state index contributed by atoms with van der Waals surface area (Å²) in [6.07, 6.45) is 1.53. The Labute approximate surface area is 227 Å². The number of aliphatic hydroxyl groups excluding tert-OH is 2. The molecule has 3 atom stereocenters. The second-order valence-corrected chi connectivity index (χ2v) is 9.87. The average Bonchev–Trinajstić information content (AvgIpc) is 2.92. The Kier molecular flexibility index (Phi) is 14.6. The van der Waals surface area contributed by atoms with Gasteiger partial charge in [-0.25, -0.2) is 4.79 Å². The van der Waals surface area contributed by atoms with E-state index in [0.717, 1.165) is 24.0 Å². The van der Waals surface area contributed by atoms with E-state index in [1.807, 2.05) is 48.5 Å². The third-order valence-corrected chi connectivity index (χ3v) is 6.61. The molecule has 2 rings (SSSR count). The van der Waals surface area contributed by atoms with Crippen LogP contribution in [0.5, 0.6) is 11.5 Å². The van der Waals surface area contributed by atoms with Crippen LogP contribution in [-0.4, -0.2) is 62.5 Å². The number of carbonyl (C=O) groups excluding carboxylic acids is 1. The quantitative estimate of drug-likeness (QED) is 0.239. The lowest BCUT2D eigenvalue weighted by Gasteiger charge is -2.30. The van der Waals surface area contributed by atoms with E-state index in [9.17, 15) is 15.0 Å². The molecule has 0 saturated heterocycles. The molecule has 8 heteroatoms. The molecular weight excluding hydrogens is 486 g/mol. The number of rotatable bonds is 18. The maximum absolute atomic E-state index is 12.6. The van der Waals surface area contributed by atoms with Crippen molar-refractivity contribution in [1.29, 1.82) is 0 Å². The van der Waals surface area contributed by atoms with E-state index >= 15 is 0 Å². The molecule has 212 valence electrons. The first-order chi connectivity index (χ1) is 18.4. The van der Waals surface area contributed by atoms with Gasteiger partial charge in [-0.2, -0.15) is 0 Å². The van der Waals surface area contributed by atoms with Crippen molar-refractivity contribution in [3.63, 3.8) is 0 Å². The largest absolute Gasteiger partial charge is 0.493 e. The minimum atomic E-state index is -0.803. The molecule has 0 aliphatic heterocycles. The third-order valence-electron chi connectivity index (χ3n) is 6.61. The normalized spacial score (nSPS) is 13.6. The van der Waals surface area contributed by atoms with Crippen LogP contribution in [0.2, 0.25) is 0 Å². The highest BCUT2D eigenvalue weighted by Gasteiger charge is 2.27. The van der Waals surface area contributed by atoms with Gasteiger partial charge in [0.2, 0.25) is 0 Å². The molecule has 0 saturated carbocycles. The van der Waals surface area contributed by atoms with Crippen LogP contribution in [0, 0.1) is 11.8 Å². The zero-order valence-corrected chi connectivity index (χ0v) is 23.2. The topological polar surface area (TPSA) is 106 Å². The number of benzene rings is 2. The maximum Gasteiger partial charge on any atom is 0.407 e. The molecule has 8 nitrogen and oxygen atoms in total. The van der Waals surface area contributed by atoms with Crippen LogP contribution >= 0.6 is 0 Å². The standard InChI is InChI=1S/C30H45NO7/c1-22(2)25(18-24-13-14-28(36-4)29(19-24)37-17-9-16-35-3)20-26(27(33)12-8-15-32)31-30(34)38-21-23-10-6-5-7-11-23/h5-7,10-11,13-14,19,22,25-27,32-33H,8-9,12,15-18,20-21H2,1-4H3,(H,31,34)/t25-,26-,27-/m0/s1. The molecule has 3 N–H and O–H groups in total. The molecule has 0 fully saturated rings. The Bertz CT molecular complexity index is 922. The number of nitrogens with one attached hydrogen (secondary N) is 1. The van der Waals surface area contributed by atoms with Crippen molar-refractivity contribution in [2.24, 2.45) is 11.8 Å². The van der Waals surface area contributed by atoms with E-state index in [1.54, 1.807) is 14.2 Å². The molecule has 1 amide bonds. The predicted octanol–water partition coefficient (Wildman–Crippen LogP) is 4.74. The zero-order valence-electron chi connectivity index (χ0n) is 23.2. The Morgan fingerprint density at radius 2 is 1.74 bits per heavy atom. The summed E-state index contributed by atoms with van der Waals surface area (Å²) in [5, 5.41) is 23.0. The Morgan fingerprint density at radius 3 is 2.39 bits per heavy atom. The lowest BCUT2D eigenvalue weighted by atomic mass is 9.82. The van der Waals surface area contributed by atoms with Crippen molar-refractivity contribution in [3.05, 3.63) is 59.7 Å². The van der Waals surface area contributed by atoms with E-state index in [1.165, 1.54) is 0 Å². The van der Waals surface area contributed by atoms with Crippen LogP contribution in [0.4, 0.5) is 4.79 Å². The van der Waals surface area contributed by atoms with Gasteiger partial charge in [0, 0.05) is 26.7 Å². The molecular formula is C30H45NO7. The van der Waals surface area contributed by atoms with Crippen molar-refractivity contribution < 1.29 is 34.0 Å². The summed E-state index contributed by atoms with van der Waals surface area (Å²) >= 11 is 0. The number of aliphatic hydroxyl groups is 2. The van der Waals surface area contributed by atoms with Gasteiger partial charge in [0.05, 0.1) is 25.9 Å². The van der Waals surface area contributed by atoms with Crippen LogP contribution in [0.1, 0.15) is 50.7 Å². The summed E-state index contributed by atoms with van der Waals surface area (Å²) in [6, 6.07) is 14.9. The molecule has 0 aromatic heterocycles. The monoisotopic (exact) mass is 531 g/mol. The van der Waals surface area contributed by atoms with E-state index in [0.29, 0.717) is 44.0 Å². The highest BCUT2D eigenvalue weighted by molar-refractivity contribution is 5.67. The molecule has 0 unspecified atom stereocenters. The fourth-order valence-electron chi connectivity index (χ4n) is 4.30. The van der Waals surface area contributed by atoms with Crippen molar-refractivity contribution >= 4 is 6.09 Å². The summed E-state index contributed by atoms with van der Waals surface area (Å²) < 4.78 is 21.9. The van der Waals surface area contributed by atoms with Crippen LogP contribution in [-0.2, 0) is 22.5 Å². The lowest BCUT2D eigenvalue weighted by molar-refractivity contribution is 0.0790. The highest BCUT2D eigenvalue weighted by atomic mass is 16.5. The maximum atomic E-state index is 12.6. The lowest BCUT2D eigenvalue weighted by Crippen LogP contribution is -2.45. The van der Waals surface area contributed by atoms with Gasteiger partial charge in [-0.3, -0.25) is 0 Å². The van der Waals surface area contributed by atoms with Gasteiger partial charge in [-0.15, -0.1) is 0 Å². The summed E-state index contributed by atoms with van der Waals surface area (Å²) in [6.45, 7) is 5.56. The predicted molar refractivity (Wildman–Crippen MR) is 148 cm³/mol. The highest BCUT2D eigenvalue weighted by Crippen LogP contribution is 2.31. The molecule has 2 aromatic rings. The number of hydrogen-bond acceptors (Lipinski definition) is 7. The minimum Gasteiger partial charge on any atom is -0.493 e. The Morgan fingerprint density at radius 1 is 0.974 bits per heavy atom. The number of alkyl carbamates (subject to hydrolysis) is 1. The van der Waals surface area contributed by atoms with Crippen LogP contribution in [0.3, 0.4) is 0 Å². The number of carbonyl (C=O) groups is 1. The second-order valence-electron chi connectivity index (χ2n) is 9.87. The number of ether oxygens (including phenoxy) is 4. The van der Waals surface area contributed by atoms with Gasteiger partial charge < -0.3 is 34.5 Å². The molecule has 0 bridgehead atoms. The molecule has 0 spiro atoms. The van der Waals surface area contributed by atoms with E-state index in [-0.39, 0.29) is 25.0 Å². The fraction of sp³-hybridized carbons (Fsp3) is 0.567. The van der Waals surface area contributed by atoms with E-state index in [2.05, 4.69) is 19.2 Å². The van der Waals surface area contributed by atoms with Crippen LogP contribution in [0.25, 0.3) is 0 Å². The van der Waals surface area contributed by atoms with Crippen molar-refractivity contribution in [2.75, 3.05) is 34.0 Å². The van der Waals surface area contributed by atoms with Gasteiger partial charge in [-0.1, -0.05) is 50.2 Å². The SMILES string of the molecule is COCCCOc1cc(C[C@@H](C[C@H](NC(=O)OCc2ccccc2)[C@@H](O)CCCO)C(C)C)ccc1OC. The Hall–Kier alpha value is -2.81. The first kappa shape index (κ1) is 31.4. The molecule has 0 aliphatic rings. The van der Waals surface area contributed by atoms with Crippen LogP contribution < -0.4 is 14.8 Å². The van der Waals surface area contributed by atoms with Gasteiger partial charge in [0.25, 0.3) is 0 Å². The number of methoxy groups -OCH3 is 2. The Balaban J connectivity index is 2.10. The van der Waals surface area contributed by atoms with Crippen molar-refractivity contribution in [3.8, 4) is 11.5 Å². The third kappa shape index (κ3) is 11.3. The summed E-state index contributed by atoms with van der Waals surface area (Å²) in [5.41, 5.74) is 1.97. The smallest absolute Gasteiger partial charge is 0.407 e. The summed E-state index contributed by atoms with van der Waals surface area (Å²) in [7, 11) is 3.29. The fourth-order valence-corrected chi connectivity index (χ4v) is 4.30. The van der Waals surface area contributed by atoms with Gasteiger partial charge in [0.1, 0.15) is 6.61 Å². The zero-order chi connectivity index (χ0) is 27.8. The van der Waals surface area contributed by atoms with E-state index < -0.39 is 18.2 Å². The number of amides is 1. The molecule has 2 aromatic carbocycles. The summed E-state index contributed by atoms with van der Waals surface area (Å²) in [5.74, 6) is 1.81. The van der Waals surface area contributed by atoms with Gasteiger partial charge in [-0.05, 0) is 60.8 Å². The van der Waals surface area contributed by atoms with E-state index in [4.69, 9.17) is 18.9 Å². The van der Waals surface area contributed by atoms with Crippen molar-refractivity contribution in [2.45, 2.75) is 64.7 Å². The van der Waals surface area contributed by atoms with Crippen molar-refractivity contribution in [1.82, 2.24) is 5.32 Å². The first-order valence-corrected chi connectivity index (χ1v) is 13.4. The van der Waals surface area contributed by atoms with Gasteiger partial charge >= 0.3 is 6.09 Å². The average molecular weight is 532 g/mol. The second kappa shape index (κ2) is 17.7. The van der Waals surface area contributed by atoms with Gasteiger partial charge in [0.15, 0.2) is 11.5 Å². The molecule has 38 heavy (non-hydrogen) atoms. The number of hydrogen-bond donors (Lipinski definition) is 3. The minimum absolute atomic E-state index is 0.0190. The molecule has 0 aliphatic carbocycles. The van der Waals surface area contributed by atoms with Crippen LogP contribution in [0.15, 0.2) is 48.5 Å². The first-order valence-electron chi connectivity index (χ1n) is 13.4. The molecule has 0 heterocycles. The molecule has 0 radical (unpaired) electrons.